The summed E-state index contributed by atoms with van der Waals surface area (Å²) in [6.45, 7) is 0. The molecule has 3 aromatic carbocycles. The van der Waals surface area contributed by atoms with Crippen LogP contribution in [0.3, 0.4) is 0 Å². The van der Waals surface area contributed by atoms with Crippen LogP contribution in [0, 0.1) is 0 Å². The SMILES string of the molecule is COC(=O)c1ccc2c3ccccc3n(-c3ccccc3)c2c1C(=O)OC. The first-order valence-electron chi connectivity index (χ1n) is 8.45. The van der Waals surface area contributed by atoms with Crippen molar-refractivity contribution in [2.45, 2.75) is 0 Å². The van der Waals surface area contributed by atoms with E-state index >= 15 is 0 Å². The second kappa shape index (κ2) is 6.61. The molecule has 4 rings (SSSR count). The standard InChI is InChI=1S/C22H17NO4/c1-26-21(24)17-13-12-16-15-10-6-7-11-18(15)23(14-8-4-3-5-9-14)20(16)19(17)22(25)27-2/h3-13H,1-2H3. The van der Waals surface area contributed by atoms with E-state index in [0.29, 0.717) is 5.52 Å². The topological polar surface area (TPSA) is 57.5 Å². The summed E-state index contributed by atoms with van der Waals surface area (Å²) in [5, 5.41) is 1.85. The number of aromatic nitrogens is 1. The van der Waals surface area contributed by atoms with Crippen LogP contribution in [0.2, 0.25) is 0 Å². The highest BCUT2D eigenvalue weighted by molar-refractivity contribution is 6.19. The highest BCUT2D eigenvalue weighted by atomic mass is 16.5. The van der Waals surface area contributed by atoms with Crippen molar-refractivity contribution in [2.24, 2.45) is 0 Å². The first-order chi connectivity index (χ1) is 13.2. The third kappa shape index (κ3) is 2.56. The average molecular weight is 359 g/mol. The fourth-order valence-corrected chi connectivity index (χ4v) is 3.49. The molecule has 0 N–H and O–H groups in total. The molecule has 0 aliphatic rings. The smallest absolute Gasteiger partial charge is 0.340 e. The summed E-state index contributed by atoms with van der Waals surface area (Å²) < 4.78 is 11.9. The molecule has 5 nitrogen and oxygen atoms in total. The maximum atomic E-state index is 12.7. The molecule has 1 aromatic heterocycles. The maximum Gasteiger partial charge on any atom is 0.340 e. The van der Waals surface area contributed by atoms with Crippen LogP contribution in [0.1, 0.15) is 20.7 Å². The van der Waals surface area contributed by atoms with Crippen molar-refractivity contribution >= 4 is 33.7 Å². The van der Waals surface area contributed by atoms with E-state index in [1.807, 2.05) is 65.2 Å². The van der Waals surface area contributed by atoms with Crippen molar-refractivity contribution in [1.82, 2.24) is 4.57 Å². The van der Waals surface area contributed by atoms with Gasteiger partial charge in [0.15, 0.2) is 0 Å². The Morgan fingerprint density at radius 2 is 1.41 bits per heavy atom. The van der Waals surface area contributed by atoms with Gasteiger partial charge in [0.2, 0.25) is 0 Å². The fourth-order valence-electron chi connectivity index (χ4n) is 3.49. The van der Waals surface area contributed by atoms with E-state index in [1.165, 1.54) is 14.2 Å². The number of hydrogen-bond donors (Lipinski definition) is 0. The molecule has 0 bridgehead atoms. The molecule has 0 spiro atoms. The van der Waals surface area contributed by atoms with Crippen LogP contribution >= 0.6 is 0 Å². The summed E-state index contributed by atoms with van der Waals surface area (Å²) in [6, 6.07) is 21.0. The molecule has 0 saturated carbocycles. The van der Waals surface area contributed by atoms with Gasteiger partial charge in [0.25, 0.3) is 0 Å². The molecular weight excluding hydrogens is 342 g/mol. The highest BCUT2D eigenvalue weighted by Crippen LogP contribution is 2.35. The summed E-state index contributed by atoms with van der Waals surface area (Å²) in [7, 11) is 2.60. The molecule has 1 heterocycles. The van der Waals surface area contributed by atoms with Crippen LogP contribution in [0.5, 0.6) is 0 Å². The quantitative estimate of drug-likeness (QED) is 0.510. The number of esters is 2. The van der Waals surface area contributed by atoms with Gasteiger partial charge >= 0.3 is 11.9 Å². The van der Waals surface area contributed by atoms with Crippen molar-refractivity contribution < 1.29 is 19.1 Å². The Hall–Kier alpha value is -3.60. The Labute approximate surface area is 155 Å². The van der Waals surface area contributed by atoms with E-state index < -0.39 is 11.9 Å². The zero-order chi connectivity index (χ0) is 19.0. The molecule has 5 heteroatoms. The number of ether oxygens (including phenoxy) is 2. The van der Waals surface area contributed by atoms with Crippen molar-refractivity contribution in [3.05, 3.63) is 77.9 Å². The van der Waals surface area contributed by atoms with Gasteiger partial charge < -0.3 is 14.0 Å². The molecule has 27 heavy (non-hydrogen) atoms. The first-order valence-corrected chi connectivity index (χ1v) is 8.45. The molecule has 0 aliphatic carbocycles. The average Bonchev–Trinajstić information content (AvgIpc) is 3.07. The van der Waals surface area contributed by atoms with Gasteiger partial charge in [-0.2, -0.15) is 0 Å². The van der Waals surface area contributed by atoms with Crippen molar-refractivity contribution in [3.63, 3.8) is 0 Å². The van der Waals surface area contributed by atoms with Gasteiger partial charge in [-0.1, -0.05) is 42.5 Å². The van der Waals surface area contributed by atoms with Gasteiger partial charge in [-0.25, -0.2) is 9.59 Å². The number of carbonyl (C=O) groups is 2. The molecule has 134 valence electrons. The van der Waals surface area contributed by atoms with E-state index in [0.717, 1.165) is 22.0 Å². The van der Waals surface area contributed by atoms with Crippen molar-refractivity contribution in [3.8, 4) is 5.69 Å². The lowest BCUT2D eigenvalue weighted by molar-refractivity contribution is 0.0557. The first kappa shape index (κ1) is 16.8. The number of para-hydroxylation sites is 2. The van der Waals surface area contributed by atoms with Crippen molar-refractivity contribution in [2.75, 3.05) is 14.2 Å². The highest BCUT2D eigenvalue weighted by Gasteiger charge is 2.26. The predicted molar refractivity (Wildman–Crippen MR) is 103 cm³/mol. The van der Waals surface area contributed by atoms with E-state index in [-0.39, 0.29) is 11.1 Å². The van der Waals surface area contributed by atoms with E-state index in [4.69, 9.17) is 9.47 Å². The molecule has 0 radical (unpaired) electrons. The largest absolute Gasteiger partial charge is 0.465 e. The van der Waals surface area contributed by atoms with Crippen LogP contribution in [-0.2, 0) is 9.47 Å². The lowest BCUT2D eigenvalue weighted by Gasteiger charge is -2.12. The van der Waals surface area contributed by atoms with E-state index in [2.05, 4.69) is 0 Å². The number of fused-ring (bicyclic) bond motifs is 3. The Kier molecular flexibility index (Phi) is 4.12. The minimum absolute atomic E-state index is 0.178. The van der Waals surface area contributed by atoms with Crippen LogP contribution in [-0.4, -0.2) is 30.7 Å². The second-order valence-corrected chi connectivity index (χ2v) is 6.06. The van der Waals surface area contributed by atoms with Crippen LogP contribution in [0.4, 0.5) is 0 Å². The molecule has 0 amide bonds. The van der Waals surface area contributed by atoms with Crippen LogP contribution in [0.15, 0.2) is 66.7 Å². The lowest BCUT2D eigenvalue weighted by Crippen LogP contribution is -2.13. The Bertz CT molecular complexity index is 1180. The molecule has 4 aromatic rings. The predicted octanol–water partition coefficient (Wildman–Crippen LogP) is 4.36. The zero-order valence-electron chi connectivity index (χ0n) is 14.9. The normalized spacial score (nSPS) is 10.9. The molecular formula is C22H17NO4. The number of nitrogens with zero attached hydrogens (tertiary/aromatic N) is 1. The molecule has 0 unspecified atom stereocenters. The van der Waals surface area contributed by atoms with Crippen LogP contribution < -0.4 is 0 Å². The maximum absolute atomic E-state index is 12.7. The summed E-state index contributed by atoms with van der Waals surface area (Å²) in [6.07, 6.45) is 0. The third-order valence-electron chi connectivity index (χ3n) is 4.65. The van der Waals surface area contributed by atoms with Gasteiger partial charge in [-0.3, -0.25) is 0 Å². The second-order valence-electron chi connectivity index (χ2n) is 6.06. The molecule has 0 atom stereocenters. The third-order valence-corrected chi connectivity index (χ3v) is 4.65. The van der Waals surface area contributed by atoms with Crippen LogP contribution in [0.25, 0.3) is 27.5 Å². The van der Waals surface area contributed by atoms with E-state index in [1.54, 1.807) is 6.07 Å². The zero-order valence-corrected chi connectivity index (χ0v) is 14.9. The van der Waals surface area contributed by atoms with Crippen molar-refractivity contribution in [1.29, 1.82) is 0 Å². The molecule has 0 saturated heterocycles. The number of methoxy groups -OCH3 is 2. The Morgan fingerprint density at radius 3 is 2.11 bits per heavy atom. The molecule has 0 aliphatic heterocycles. The van der Waals surface area contributed by atoms with Gasteiger partial charge in [0, 0.05) is 16.5 Å². The number of hydrogen-bond acceptors (Lipinski definition) is 4. The van der Waals surface area contributed by atoms with Gasteiger partial charge in [0.05, 0.1) is 36.4 Å². The van der Waals surface area contributed by atoms with Gasteiger partial charge in [-0.15, -0.1) is 0 Å². The molecule has 0 fully saturated rings. The number of rotatable bonds is 3. The summed E-state index contributed by atoms with van der Waals surface area (Å²) in [5.74, 6) is -1.16. The summed E-state index contributed by atoms with van der Waals surface area (Å²) >= 11 is 0. The summed E-state index contributed by atoms with van der Waals surface area (Å²) in [4.78, 5) is 25.0. The Morgan fingerprint density at radius 1 is 0.741 bits per heavy atom. The fraction of sp³-hybridized carbons (Fsp3) is 0.0909. The summed E-state index contributed by atoms with van der Waals surface area (Å²) in [5.41, 5.74) is 2.82. The van der Waals surface area contributed by atoms with Gasteiger partial charge in [0.1, 0.15) is 0 Å². The minimum atomic E-state index is -0.582. The minimum Gasteiger partial charge on any atom is -0.465 e. The van der Waals surface area contributed by atoms with E-state index in [9.17, 15) is 9.59 Å². The number of benzene rings is 3. The monoisotopic (exact) mass is 359 g/mol. The van der Waals surface area contributed by atoms with Gasteiger partial charge in [-0.05, 0) is 24.3 Å². The lowest BCUT2D eigenvalue weighted by atomic mass is 10.0. The Balaban J connectivity index is 2.25. The number of carbonyl (C=O) groups excluding carboxylic acids is 2.